The fourth-order valence-corrected chi connectivity index (χ4v) is 0.865. The number of hydrogen-bond acceptors (Lipinski definition) is 3. The smallest absolute Gasteiger partial charge is 0.328 e. The molecule has 0 heterocycles. The minimum absolute atomic E-state index is 0.348. The van der Waals surface area contributed by atoms with Gasteiger partial charge in [-0.2, -0.15) is 0 Å². The van der Waals surface area contributed by atoms with Crippen LogP contribution in [0.25, 0.3) is 0 Å². The summed E-state index contributed by atoms with van der Waals surface area (Å²) in [5, 5.41) is 17.2. The number of carbonyl (C=O) groups excluding carboxylic acids is 1. The van der Waals surface area contributed by atoms with Gasteiger partial charge in [-0.3, -0.25) is 4.79 Å². The SMILES string of the molecule is CCCN(C=O)C(CO)C(=O)O. The summed E-state index contributed by atoms with van der Waals surface area (Å²) < 4.78 is 0. The van der Waals surface area contributed by atoms with E-state index in [0.29, 0.717) is 19.4 Å². The molecule has 12 heavy (non-hydrogen) atoms. The lowest BCUT2D eigenvalue weighted by atomic mass is 10.2. The molecule has 1 unspecified atom stereocenters. The summed E-state index contributed by atoms with van der Waals surface area (Å²) in [7, 11) is 0. The molecule has 0 bridgehead atoms. The topological polar surface area (TPSA) is 77.8 Å². The van der Waals surface area contributed by atoms with Crippen molar-refractivity contribution in [3.63, 3.8) is 0 Å². The predicted octanol–water partition coefficient (Wildman–Crippen LogP) is -0.700. The van der Waals surface area contributed by atoms with Gasteiger partial charge in [0.1, 0.15) is 0 Å². The fraction of sp³-hybridized carbons (Fsp3) is 0.714. The van der Waals surface area contributed by atoms with Gasteiger partial charge in [-0.05, 0) is 6.42 Å². The number of amides is 1. The van der Waals surface area contributed by atoms with Crippen LogP contribution in [0.15, 0.2) is 0 Å². The molecule has 0 aliphatic rings. The van der Waals surface area contributed by atoms with Crippen molar-refractivity contribution in [2.45, 2.75) is 19.4 Å². The maximum atomic E-state index is 10.4. The zero-order chi connectivity index (χ0) is 9.56. The first-order valence-corrected chi connectivity index (χ1v) is 3.72. The second kappa shape index (κ2) is 5.54. The number of carbonyl (C=O) groups is 2. The molecule has 5 heteroatoms. The Morgan fingerprint density at radius 2 is 2.25 bits per heavy atom. The first-order chi connectivity index (χ1) is 5.67. The van der Waals surface area contributed by atoms with Crippen LogP contribution >= 0.6 is 0 Å². The number of carboxylic acid groups (broad SMARTS) is 1. The number of aliphatic carboxylic acids is 1. The molecule has 1 amide bonds. The lowest BCUT2D eigenvalue weighted by molar-refractivity contribution is -0.148. The van der Waals surface area contributed by atoms with Crippen LogP contribution in [0.3, 0.4) is 0 Å². The Hall–Kier alpha value is -1.10. The van der Waals surface area contributed by atoms with Crippen LogP contribution in [0.1, 0.15) is 13.3 Å². The molecule has 0 fully saturated rings. The highest BCUT2D eigenvalue weighted by atomic mass is 16.4. The Morgan fingerprint density at radius 1 is 1.67 bits per heavy atom. The minimum Gasteiger partial charge on any atom is -0.480 e. The van der Waals surface area contributed by atoms with E-state index in [-0.39, 0.29) is 0 Å². The number of rotatable bonds is 6. The number of aliphatic hydroxyl groups excluding tert-OH is 1. The Labute approximate surface area is 70.6 Å². The third-order valence-corrected chi connectivity index (χ3v) is 1.48. The highest BCUT2D eigenvalue weighted by Gasteiger charge is 2.22. The van der Waals surface area contributed by atoms with Gasteiger partial charge in [-0.25, -0.2) is 4.79 Å². The predicted molar refractivity (Wildman–Crippen MR) is 41.6 cm³/mol. The third kappa shape index (κ3) is 2.87. The quantitative estimate of drug-likeness (QED) is 0.523. The Bertz CT molecular complexity index is 159. The molecule has 0 saturated heterocycles. The summed E-state index contributed by atoms with van der Waals surface area (Å²) >= 11 is 0. The average Bonchev–Trinajstić information content (AvgIpc) is 2.03. The number of hydrogen-bond donors (Lipinski definition) is 2. The largest absolute Gasteiger partial charge is 0.480 e. The van der Waals surface area contributed by atoms with Crippen LogP contribution < -0.4 is 0 Å². The molecular formula is C7H13NO4. The normalized spacial score (nSPS) is 12.2. The van der Waals surface area contributed by atoms with E-state index in [1.165, 1.54) is 0 Å². The Morgan fingerprint density at radius 3 is 2.50 bits per heavy atom. The van der Waals surface area contributed by atoms with E-state index in [4.69, 9.17) is 10.2 Å². The van der Waals surface area contributed by atoms with Gasteiger partial charge in [0.25, 0.3) is 0 Å². The highest BCUT2D eigenvalue weighted by Crippen LogP contribution is 1.97. The van der Waals surface area contributed by atoms with Crippen molar-refractivity contribution < 1.29 is 19.8 Å². The standard InChI is InChI=1S/C7H13NO4/c1-2-3-8(5-10)6(4-9)7(11)12/h5-6,9H,2-4H2,1H3,(H,11,12). The van der Waals surface area contributed by atoms with Crippen LogP contribution in [0.4, 0.5) is 0 Å². The fourth-order valence-electron chi connectivity index (χ4n) is 0.865. The van der Waals surface area contributed by atoms with E-state index in [1.54, 1.807) is 0 Å². The minimum atomic E-state index is -1.18. The molecule has 0 aliphatic carbocycles. The first-order valence-electron chi connectivity index (χ1n) is 3.72. The summed E-state index contributed by atoms with van der Waals surface area (Å²) in [5.41, 5.74) is 0. The van der Waals surface area contributed by atoms with E-state index in [2.05, 4.69) is 0 Å². The zero-order valence-corrected chi connectivity index (χ0v) is 6.93. The van der Waals surface area contributed by atoms with Gasteiger partial charge in [0.2, 0.25) is 6.41 Å². The molecular weight excluding hydrogens is 162 g/mol. The van der Waals surface area contributed by atoms with Crippen LogP contribution in [0.5, 0.6) is 0 Å². The molecule has 1 atom stereocenters. The Balaban J connectivity index is 4.22. The van der Waals surface area contributed by atoms with Crippen molar-refractivity contribution >= 4 is 12.4 Å². The highest BCUT2D eigenvalue weighted by molar-refractivity contribution is 5.76. The van der Waals surface area contributed by atoms with Crippen molar-refractivity contribution in [1.29, 1.82) is 0 Å². The second-order valence-corrected chi connectivity index (χ2v) is 2.38. The molecule has 0 aromatic rings. The molecule has 0 spiro atoms. The van der Waals surface area contributed by atoms with Crippen LogP contribution in [-0.4, -0.2) is 46.7 Å². The van der Waals surface area contributed by atoms with E-state index in [9.17, 15) is 9.59 Å². The number of nitrogens with zero attached hydrogens (tertiary/aromatic N) is 1. The van der Waals surface area contributed by atoms with E-state index in [0.717, 1.165) is 4.90 Å². The average molecular weight is 175 g/mol. The van der Waals surface area contributed by atoms with Gasteiger partial charge in [0.05, 0.1) is 6.61 Å². The van der Waals surface area contributed by atoms with E-state index >= 15 is 0 Å². The molecule has 0 aromatic heterocycles. The van der Waals surface area contributed by atoms with Crippen LogP contribution in [0.2, 0.25) is 0 Å². The summed E-state index contributed by atoms with van der Waals surface area (Å²) in [6.45, 7) is 1.63. The number of carboxylic acids is 1. The van der Waals surface area contributed by atoms with Crippen molar-refractivity contribution in [1.82, 2.24) is 4.90 Å². The van der Waals surface area contributed by atoms with Gasteiger partial charge in [0, 0.05) is 6.54 Å². The second-order valence-electron chi connectivity index (χ2n) is 2.38. The van der Waals surface area contributed by atoms with Crippen molar-refractivity contribution in [2.75, 3.05) is 13.2 Å². The summed E-state index contributed by atoms with van der Waals surface area (Å²) in [6, 6.07) is -1.11. The maximum absolute atomic E-state index is 10.4. The molecule has 0 rings (SSSR count). The van der Waals surface area contributed by atoms with Gasteiger partial charge < -0.3 is 15.1 Å². The molecule has 0 aliphatic heterocycles. The van der Waals surface area contributed by atoms with Gasteiger partial charge in [-0.1, -0.05) is 6.92 Å². The molecule has 70 valence electrons. The van der Waals surface area contributed by atoms with E-state index < -0.39 is 18.6 Å². The summed E-state index contributed by atoms with van der Waals surface area (Å²) in [5.74, 6) is -1.18. The van der Waals surface area contributed by atoms with Gasteiger partial charge in [-0.15, -0.1) is 0 Å². The van der Waals surface area contributed by atoms with Crippen molar-refractivity contribution in [3.8, 4) is 0 Å². The summed E-state index contributed by atoms with van der Waals surface area (Å²) in [6.07, 6.45) is 1.11. The zero-order valence-electron chi connectivity index (χ0n) is 6.93. The van der Waals surface area contributed by atoms with Crippen LogP contribution in [-0.2, 0) is 9.59 Å². The molecule has 0 radical (unpaired) electrons. The maximum Gasteiger partial charge on any atom is 0.328 e. The summed E-state index contributed by atoms with van der Waals surface area (Å²) in [4.78, 5) is 21.9. The first kappa shape index (κ1) is 10.9. The number of aliphatic hydroxyl groups is 1. The monoisotopic (exact) mass is 175 g/mol. The molecule has 5 nitrogen and oxygen atoms in total. The van der Waals surface area contributed by atoms with Crippen molar-refractivity contribution in [3.05, 3.63) is 0 Å². The molecule has 0 saturated carbocycles. The molecule has 2 N–H and O–H groups in total. The lowest BCUT2D eigenvalue weighted by Crippen LogP contribution is -2.43. The van der Waals surface area contributed by atoms with Crippen molar-refractivity contribution in [2.24, 2.45) is 0 Å². The van der Waals surface area contributed by atoms with Crippen LogP contribution in [0, 0.1) is 0 Å². The van der Waals surface area contributed by atoms with Gasteiger partial charge in [0.15, 0.2) is 6.04 Å². The van der Waals surface area contributed by atoms with Gasteiger partial charge >= 0.3 is 5.97 Å². The third-order valence-electron chi connectivity index (χ3n) is 1.48. The molecule has 0 aromatic carbocycles. The van der Waals surface area contributed by atoms with E-state index in [1.807, 2.05) is 6.92 Å². The lowest BCUT2D eigenvalue weighted by Gasteiger charge is -2.22. The Kier molecular flexibility index (Phi) is 5.03.